The molecule has 0 saturated heterocycles. The Bertz CT molecular complexity index is 386. The van der Waals surface area contributed by atoms with Crippen molar-refractivity contribution in [3.63, 3.8) is 0 Å². The number of hydrogen-bond donors (Lipinski definition) is 4. The maximum absolute atomic E-state index is 11.1. The van der Waals surface area contributed by atoms with Crippen LogP contribution in [0.2, 0.25) is 0 Å². The molecule has 4 N–H and O–H groups in total. The van der Waals surface area contributed by atoms with Gasteiger partial charge in [-0.1, -0.05) is 13.5 Å². The van der Waals surface area contributed by atoms with Crippen molar-refractivity contribution in [1.29, 1.82) is 0 Å². The standard InChI is InChI=1S/C15H26O4/c1-9-11(16)6-8-14(4)7-5-10(13(2,3)18)12(17)15(9,14)19/h10-12,16-19H,1,5-8H2,2-4H3/t10-,11-,12-,14+,15+/m1/s1. The summed E-state index contributed by atoms with van der Waals surface area (Å²) < 4.78 is 0. The van der Waals surface area contributed by atoms with Crippen LogP contribution in [0.5, 0.6) is 0 Å². The van der Waals surface area contributed by atoms with Gasteiger partial charge in [0.1, 0.15) is 5.60 Å². The van der Waals surface area contributed by atoms with Crippen LogP contribution in [-0.2, 0) is 0 Å². The number of fused-ring (bicyclic) bond motifs is 1. The lowest BCUT2D eigenvalue weighted by molar-refractivity contribution is -0.221. The molecule has 4 nitrogen and oxygen atoms in total. The van der Waals surface area contributed by atoms with Crippen LogP contribution in [0.15, 0.2) is 12.2 Å². The molecule has 0 aromatic heterocycles. The smallest absolute Gasteiger partial charge is 0.119 e. The van der Waals surface area contributed by atoms with Crippen LogP contribution < -0.4 is 0 Å². The molecule has 2 saturated carbocycles. The second-order valence-electron chi connectivity index (χ2n) is 7.15. The Morgan fingerprint density at radius 3 is 2.26 bits per heavy atom. The van der Waals surface area contributed by atoms with E-state index in [9.17, 15) is 20.4 Å². The van der Waals surface area contributed by atoms with Crippen LogP contribution in [0, 0.1) is 11.3 Å². The average Bonchev–Trinajstić information content (AvgIpc) is 2.29. The van der Waals surface area contributed by atoms with E-state index in [-0.39, 0.29) is 0 Å². The van der Waals surface area contributed by atoms with Gasteiger partial charge in [0.15, 0.2) is 0 Å². The summed E-state index contributed by atoms with van der Waals surface area (Å²) in [6.07, 6.45) is 0.701. The molecule has 2 fully saturated rings. The number of hydrogen-bond acceptors (Lipinski definition) is 4. The van der Waals surface area contributed by atoms with Gasteiger partial charge in [-0.15, -0.1) is 0 Å². The fraction of sp³-hybridized carbons (Fsp3) is 0.867. The fourth-order valence-electron chi connectivity index (χ4n) is 3.99. The molecule has 19 heavy (non-hydrogen) atoms. The molecule has 0 spiro atoms. The van der Waals surface area contributed by atoms with Crippen LogP contribution in [0.25, 0.3) is 0 Å². The predicted molar refractivity (Wildman–Crippen MR) is 72.5 cm³/mol. The maximum Gasteiger partial charge on any atom is 0.119 e. The first-order valence-electron chi connectivity index (χ1n) is 7.04. The Hall–Kier alpha value is -0.420. The quantitative estimate of drug-likeness (QED) is 0.535. The van der Waals surface area contributed by atoms with E-state index in [1.807, 2.05) is 6.92 Å². The first kappa shape index (κ1) is 15.0. The molecule has 0 aromatic carbocycles. The molecule has 2 aliphatic rings. The molecule has 110 valence electrons. The van der Waals surface area contributed by atoms with Crippen molar-refractivity contribution in [2.24, 2.45) is 11.3 Å². The van der Waals surface area contributed by atoms with E-state index in [0.717, 1.165) is 0 Å². The van der Waals surface area contributed by atoms with Crippen LogP contribution in [0.3, 0.4) is 0 Å². The first-order valence-corrected chi connectivity index (χ1v) is 7.04. The molecule has 0 unspecified atom stereocenters. The van der Waals surface area contributed by atoms with Gasteiger partial charge >= 0.3 is 0 Å². The second-order valence-corrected chi connectivity index (χ2v) is 7.15. The highest BCUT2D eigenvalue weighted by molar-refractivity contribution is 5.30. The van der Waals surface area contributed by atoms with Crippen LogP contribution >= 0.6 is 0 Å². The van der Waals surface area contributed by atoms with E-state index in [1.165, 1.54) is 0 Å². The van der Waals surface area contributed by atoms with Crippen LogP contribution in [0.4, 0.5) is 0 Å². The SMILES string of the molecule is C=C1[C@H](O)CC[C@]2(C)CC[C@@H](C(C)(C)O)[C@@H](O)[C@@]12O. The minimum atomic E-state index is -1.52. The van der Waals surface area contributed by atoms with E-state index in [2.05, 4.69) is 6.58 Å². The molecular weight excluding hydrogens is 244 g/mol. The van der Waals surface area contributed by atoms with Gasteiger partial charge in [0.2, 0.25) is 0 Å². The monoisotopic (exact) mass is 270 g/mol. The van der Waals surface area contributed by atoms with Crippen molar-refractivity contribution in [1.82, 2.24) is 0 Å². The zero-order valence-electron chi connectivity index (χ0n) is 12.1. The molecule has 0 aromatic rings. The van der Waals surface area contributed by atoms with Gasteiger partial charge in [0.05, 0.1) is 17.8 Å². The Morgan fingerprint density at radius 1 is 1.21 bits per heavy atom. The lowest BCUT2D eigenvalue weighted by Gasteiger charge is -2.59. The molecule has 0 aliphatic heterocycles. The summed E-state index contributed by atoms with van der Waals surface area (Å²) in [5.41, 5.74) is -2.78. The molecule has 0 heterocycles. The van der Waals surface area contributed by atoms with Crippen molar-refractivity contribution in [3.05, 3.63) is 12.2 Å². The summed E-state index contributed by atoms with van der Waals surface area (Å²) in [6, 6.07) is 0. The highest BCUT2D eigenvalue weighted by Crippen LogP contribution is 2.57. The average molecular weight is 270 g/mol. The topological polar surface area (TPSA) is 80.9 Å². The number of rotatable bonds is 1. The van der Waals surface area contributed by atoms with Crippen molar-refractivity contribution in [2.75, 3.05) is 0 Å². The maximum atomic E-state index is 11.1. The van der Waals surface area contributed by atoms with E-state index in [1.54, 1.807) is 13.8 Å². The molecule has 0 amide bonds. The second kappa shape index (κ2) is 4.29. The third-order valence-corrected chi connectivity index (χ3v) is 5.51. The fourth-order valence-corrected chi connectivity index (χ4v) is 3.99. The van der Waals surface area contributed by atoms with Crippen molar-refractivity contribution < 1.29 is 20.4 Å². The zero-order chi connectivity index (χ0) is 14.6. The van der Waals surface area contributed by atoms with Crippen LogP contribution in [0.1, 0.15) is 46.5 Å². The molecular formula is C15H26O4. The lowest BCUT2D eigenvalue weighted by Crippen LogP contribution is -2.67. The van der Waals surface area contributed by atoms with Gasteiger partial charge in [0.25, 0.3) is 0 Å². The normalized spacial score (nSPS) is 47.9. The summed E-state index contributed by atoms with van der Waals surface area (Å²) in [6.45, 7) is 9.06. The van der Waals surface area contributed by atoms with Gasteiger partial charge < -0.3 is 20.4 Å². The molecule has 0 bridgehead atoms. The Labute approximate surface area is 114 Å². The van der Waals surface area contributed by atoms with Gasteiger partial charge in [-0.25, -0.2) is 0 Å². The molecule has 2 rings (SSSR count). The summed E-state index contributed by atoms with van der Waals surface area (Å²) in [7, 11) is 0. The molecule has 5 atom stereocenters. The van der Waals surface area contributed by atoms with Gasteiger partial charge in [-0.2, -0.15) is 0 Å². The Kier molecular flexibility index (Phi) is 3.38. The molecule has 0 radical (unpaired) electrons. The van der Waals surface area contributed by atoms with E-state index in [0.29, 0.717) is 31.3 Å². The van der Waals surface area contributed by atoms with Crippen molar-refractivity contribution in [3.8, 4) is 0 Å². The Morgan fingerprint density at radius 2 is 1.74 bits per heavy atom. The number of aliphatic hydroxyl groups is 4. The molecule has 2 aliphatic carbocycles. The highest BCUT2D eigenvalue weighted by atomic mass is 16.4. The minimum Gasteiger partial charge on any atom is -0.390 e. The minimum absolute atomic E-state index is 0.294. The van der Waals surface area contributed by atoms with E-state index < -0.39 is 34.7 Å². The zero-order valence-corrected chi connectivity index (χ0v) is 12.1. The first-order chi connectivity index (χ1) is 8.54. The van der Waals surface area contributed by atoms with E-state index >= 15 is 0 Å². The highest BCUT2D eigenvalue weighted by Gasteiger charge is 2.62. The third-order valence-electron chi connectivity index (χ3n) is 5.51. The lowest BCUT2D eigenvalue weighted by atomic mass is 9.50. The van der Waals surface area contributed by atoms with Crippen LogP contribution in [-0.4, -0.2) is 43.8 Å². The van der Waals surface area contributed by atoms with Gasteiger partial charge in [-0.05, 0) is 45.1 Å². The Balaban J connectivity index is 2.43. The molecule has 4 heteroatoms. The van der Waals surface area contributed by atoms with Gasteiger partial charge in [-0.3, -0.25) is 0 Å². The summed E-state index contributed by atoms with van der Waals surface area (Å²) >= 11 is 0. The summed E-state index contributed by atoms with van der Waals surface area (Å²) in [5.74, 6) is -0.423. The number of aliphatic hydroxyl groups excluding tert-OH is 2. The van der Waals surface area contributed by atoms with E-state index in [4.69, 9.17) is 0 Å². The largest absolute Gasteiger partial charge is 0.390 e. The third kappa shape index (κ3) is 1.97. The van der Waals surface area contributed by atoms with Crippen molar-refractivity contribution >= 4 is 0 Å². The summed E-state index contributed by atoms with van der Waals surface area (Å²) in [4.78, 5) is 0. The van der Waals surface area contributed by atoms with Crippen molar-refractivity contribution in [2.45, 2.75) is 69.9 Å². The predicted octanol–water partition coefficient (Wildman–Crippen LogP) is 0.976. The summed E-state index contributed by atoms with van der Waals surface area (Å²) in [5, 5.41) is 41.9. The van der Waals surface area contributed by atoms with Gasteiger partial charge in [0, 0.05) is 11.3 Å².